The smallest absolute Gasteiger partial charge is 0.255 e. The molecule has 0 bridgehead atoms. The van der Waals surface area contributed by atoms with Gasteiger partial charge < -0.3 is 0 Å². The summed E-state index contributed by atoms with van der Waals surface area (Å²) >= 11 is 0. The number of hydrogen-bond acceptors (Lipinski definition) is 1. The maximum absolute atomic E-state index is 12.0. The average Bonchev–Trinajstić information content (AvgIpc) is 2.79. The van der Waals surface area contributed by atoms with Gasteiger partial charge in [0.2, 0.25) is 27.6 Å². The minimum atomic E-state index is -5.50. The molecule has 0 fully saturated rings. The molecule has 1 unspecified atom stereocenters. The van der Waals surface area contributed by atoms with Gasteiger partial charge in [0.05, 0.1) is 7.18 Å². The number of hydrogen-bond donors (Lipinski definition) is 0. The first kappa shape index (κ1) is 84.0. The summed E-state index contributed by atoms with van der Waals surface area (Å²) in [6, 6.07) is 10.4. The molecule has 0 heterocycles. The zero-order valence-electron chi connectivity index (χ0n) is 19.6. The minimum absolute atomic E-state index is 0. The van der Waals surface area contributed by atoms with Gasteiger partial charge in [0.15, 0.2) is 0 Å². The van der Waals surface area contributed by atoms with Gasteiger partial charge in [-0.15, -0.1) is 17.6 Å². The Labute approximate surface area is 273 Å². The van der Waals surface area contributed by atoms with Crippen molar-refractivity contribution in [1.29, 1.82) is 0 Å². The van der Waals surface area contributed by atoms with Gasteiger partial charge in [-0.1, -0.05) is 57.9 Å². The number of benzene rings is 1. The second kappa shape index (κ2) is 68.4. The van der Waals surface area contributed by atoms with Crippen molar-refractivity contribution in [2.24, 2.45) is 0 Å². The van der Waals surface area contributed by atoms with Crippen molar-refractivity contribution in [1.82, 2.24) is 0 Å². The maximum Gasteiger partial charge on any atom is 0.559 e. The Balaban J connectivity index is -0.0000000259. The van der Waals surface area contributed by atoms with Crippen LogP contribution in [0.4, 0.5) is 70.4 Å². The third-order valence-corrected chi connectivity index (χ3v) is 2.76. The number of alkyl halides is 15. The zero-order chi connectivity index (χ0) is 30.1. The van der Waals surface area contributed by atoms with Crippen molar-refractivity contribution >= 4 is 0 Å². The summed E-state index contributed by atoms with van der Waals surface area (Å²) in [4.78, 5) is 2.38. The molecular weight excluding hydrogens is 709 g/mol. The van der Waals surface area contributed by atoms with E-state index in [9.17, 15) is 70.4 Å². The Morgan fingerprint density at radius 2 is 0.953 bits per heavy atom. The first-order valence-corrected chi connectivity index (χ1v) is 9.00. The van der Waals surface area contributed by atoms with Gasteiger partial charge in [0.1, 0.15) is 0 Å². The third kappa shape index (κ3) is 141. The molecular formula is C25H51F16OY-. The topological polar surface area (TPSA) is 9.23 Å². The van der Waals surface area contributed by atoms with Crippen LogP contribution in [0, 0.1) is 6.07 Å². The fourth-order valence-electron chi connectivity index (χ4n) is 1.83. The van der Waals surface area contributed by atoms with E-state index in [0.29, 0.717) is 13.6 Å². The molecule has 0 saturated heterocycles. The monoisotopic (exact) mass is 760 g/mol. The van der Waals surface area contributed by atoms with Crippen molar-refractivity contribution in [2.45, 2.75) is 95.7 Å². The van der Waals surface area contributed by atoms with Crippen LogP contribution in [0.1, 0.15) is 88.6 Å². The summed E-state index contributed by atoms with van der Waals surface area (Å²) in [6.45, 7) is -4.59. The molecule has 1 rings (SSSR count). The molecule has 0 amide bonds. The molecule has 1 radical (unpaired) electrons. The van der Waals surface area contributed by atoms with Gasteiger partial charge in [-0.25, -0.2) is 30.7 Å². The van der Waals surface area contributed by atoms with E-state index in [2.05, 4.69) is 11.0 Å². The van der Waals surface area contributed by atoms with Crippen LogP contribution >= 0.6 is 0 Å². The summed E-state index contributed by atoms with van der Waals surface area (Å²) in [5.74, 6) is 0.233. The first-order chi connectivity index (χ1) is 16.7. The van der Waals surface area contributed by atoms with Gasteiger partial charge in [0.25, 0.3) is 0 Å². The molecule has 0 aliphatic heterocycles. The Bertz CT molecular complexity index is 456. The van der Waals surface area contributed by atoms with E-state index in [-0.39, 0.29) is 89.6 Å². The second-order valence-corrected chi connectivity index (χ2v) is 4.90. The standard InChI is InChI=1S/C13H16F3.CF4.CH2F2O.3CH2F2.CH3F.6CH4.Y/c1-2-11(9-6-10-13(14,15)16)12-7-4-3-5-8-12;2-1(3,4)5;2-1-4-3;3*2-1-3;1-2;;;;;;;/h4-5,7-8,11H,2,6,9-10H2,1H3;;1H2;3*1H2;1H3;6*1H4;/q-1;;;;;;;;;;;;;. The molecule has 0 saturated carbocycles. The normalized spacial score (nSPS) is 8.60. The molecule has 1 aromatic carbocycles. The fourth-order valence-corrected chi connectivity index (χ4v) is 1.83. The van der Waals surface area contributed by atoms with Gasteiger partial charge in [-0.3, -0.25) is 4.39 Å². The van der Waals surface area contributed by atoms with Crippen molar-refractivity contribution in [3.63, 3.8) is 0 Å². The summed E-state index contributed by atoms with van der Waals surface area (Å²) in [7, 11) is 0.500. The SMILES string of the molecule is C.C.C.C.C.C.CCC(CCCC(F)(F)F)c1cc[c-]cc1.CF.FC(F)(F)F.FCF.FCF.FCF.FCOF.[Y]. The van der Waals surface area contributed by atoms with Crippen LogP contribution in [-0.4, -0.2) is 47.4 Å². The first-order valence-electron chi connectivity index (χ1n) is 9.00. The summed E-state index contributed by atoms with van der Waals surface area (Å²) in [5, 5.41) is 0. The van der Waals surface area contributed by atoms with E-state index in [1.807, 2.05) is 31.2 Å². The van der Waals surface area contributed by atoms with E-state index in [1.165, 1.54) is 0 Å². The van der Waals surface area contributed by atoms with Crippen LogP contribution in [0.3, 0.4) is 0 Å². The Kier molecular flexibility index (Phi) is 134. The Morgan fingerprint density at radius 3 is 1.14 bits per heavy atom. The van der Waals surface area contributed by atoms with Gasteiger partial charge in [-0.2, -0.15) is 54.0 Å². The maximum atomic E-state index is 12.0. The molecule has 1 aromatic rings. The minimum Gasteiger partial charge on any atom is -0.255 e. The van der Waals surface area contributed by atoms with Crippen LogP contribution in [-0.2, 0) is 37.7 Å². The van der Waals surface area contributed by atoms with Crippen molar-refractivity contribution in [2.75, 3.05) is 34.8 Å². The van der Waals surface area contributed by atoms with E-state index >= 15 is 0 Å². The quantitative estimate of drug-likeness (QED) is 0.207. The summed E-state index contributed by atoms with van der Waals surface area (Å²) in [5.41, 5.74) is 1.11. The molecule has 0 N–H and O–H groups in total. The predicted octanol–water partition coefficient (Wildman–Crippen LogP) is 14.1. The fraction of sp³-hybridized carbons (Fsp3) is 0.760. The van der Waals surface area contributed by atoms with E-state index in [4.69, 9.17) is 0 Å². The third-order valence-electron chi connectivity index (χ3n) is 2.76. The summed E-state index contributed by atoms with van der Waals surface area (Å²) in [6.07, 6.45) is -8.52. The number of halogens is 16. The predicted molar refractivity (Wildman–Crippen MR) is 142 cm³/mol. The van der Waals surface area contributed by atoms with Gasteiger partial charge >= 0.3 is 12.6 Å². The molecule has 0 aromatic heterocycles. The molecule has 43 heavy (non-hydrogen) atoms. The molecule has 1 atom stereocenters. The van der Waals surface area contributed by atoms with Crippen LogP contribution in [0.15, 0.2) is 24.3 Å². The van der Waals surface area contributed by atoms with Crippen LogP contribution in [0.25, 0.3) is 0 Å². The molecule has 0 aliphatic rings. The molecule has 273 valence electrons. The van der Waals surface area contributed by atoms with Crippen LogP contribution in [0.5, 0.6) is 0 Å². The van der Waals surface area contributed by atoms with E-state index < -0.39 is 46.7 Å². The Hall–Kier alpha value is -0.836. The summed E-state index contributed by atoms with van der Waals surface area (Å²) < 4.78 is 162. The Morgan fingerprint density at radius 1 is 0.698 bits per heavy atom. The second-order valence-electron chi connectivity index (χ2n) is 4.90. The van der Waals surface area contributed by atoms with Gasteiger partial charge in [-0.05, 0) is 23.3 Å². The number of rotatable bonds is 6. The van der Waals surface area contributed by atoms with Crippen LogP contribution in [0.2, 0.25) is 0 Å². The van der Waals surface area contributed by atoms with Crippen molar-refractivity contribution in [3.8, 4) is 0 Å². The van der Waals surface area contributed by atoms with Crippen LogP contribution < -0.4 is 0 Å². The molecule has 1 nitrogen and oxygen atoms in total. The molecule has 0 aliphatic carbocycles. The van der Waals surface area contributed by atoms with E-state index in [1.54, 1.807) is 0 Å². The van der Waals surface area contributed by atoms with Crippen molar-refractivity contribution < 1.29 is 108 Å². The van der Waals surface area contributed by atoms with Gasteiger partial charge in [0, 0.05) is 39.1 Å². The van der Waals surface area contributed by atoms with Crippen molar-refractivity contribution in [3.05, 3.63) is 35.9 Å². The largest absolute Gasteiger partial charge is 0.559 e. The zero-order valence-corrected chi connectivity index (χ0v) is 22.4. The molecule has 18 heteroatoms. The average molecular weight is 761 g/mol. The van der Waals surface area contributed by atoms with E-state index in [0.717, 1.165) is 12.0 Å². The molecule has 0 spiro atoms.